The molecular formula is C17H25N3. The molecule has 0 spiro atoms. The van der Waals surface area contributed by atoms with Gasteiger partial charge < -0.3 is 9.88 Å². The minimum absolute atomic E-state index is 0.273. The molecule has 0 aliphatic carbocycles. The Balaban J connectivity index is 2.26. The van der Waals surface area contributed by atoms with Crippen LogP contribution in [0.5, 0.6) is 0 Å². The van der Waals surface area contributed by atoms with Gasteiger partial charge in [-0.1, -0.05) is 25.1 Å². The fourth-order valence-corrected chi connectivity index (χ4v) is 2.66. The van der Waals surface area contributed by atoms with Crippen molar-refractivity contribution in [3.8, 4) is 0 Å². The summed E-state index contributed by atoms with van der Waals surface area (Å²) < 4.78 is 2.11. The van der Waals surface area contributed by atoms with Crippen molar-refractivity contribution in [2.45, 2.75) is 39.7 Å². The Morgan fingerprint density at radius 2 is 1.95 bits per heavy atom. The molecule has 0 radical (unpaired) electrons. The third-order valence-electron chi connectivity index (χ3n) is 3.86. The van der Waals surface area contributed by atoms with Gasteiger partial charge in [-0.15, -0.1) is 0 Å². The average molecular weight is 271 g/mol. The molecule has 3 nitrogen and oxygen atoms in total. The lowest BCUT2D eigenvalue weighted by molar-refractivity contribution is 0.490. The lowest BCUT2D eigenvalue weighted by Gasteiger charge is -2.20. The molecule has 1 N–H and O–H groups in total. The maximum Gasteiger partial charge on any atom is 0.125 e. The van der Waals surface area contributed by atoms with Crippen molar-refractivity contribution in [2.75, 3.05) is 6.54 Å². The number of aromatic nitrogens is 2. The second kappa shape index (κ2) is 6.71. The lowest BCUT2D eigenvalue weighted by Crippen LogP contribution is -2.27. The molecular weight excluding hydrogens is 246 g/mol. The molecule has 1 aromatic carbocycles. The monoisotopic (exact) mass is 271 g/mol. The first kappa shape index (κ1) is 14.8. The van der Waals surface area contributed by atoms with Gasteiger partial charge in [-0.05, 0) is 49.9 Å². The summed E-state index contributed by atoms with van der Waals surface area (Å²) in [5.74, 6) is 1.11. The zero-order chi connectivity index (χ0) is 14.5. The average Bonchev–Trinajstić information content (AvgIpc) is 2.84. The standard InChI is InChI=1S/C17H25N3/c1-5-9-18-16(17-19-10-11-20(17)4)12-15-13(2)7-6-8-14(15)3/h6-8,10-11,16,18H,5,9,12H2,1-4H3. The molecule has 0 saturated carbocycles. The first-order valence-electron chi connectivity index (χ1n) is 7.39. The summed E-state index contributed by atoms with van der Waals surface area (Å²) in [6.45, 7) is 7.60. The quantitative estimate of drug-likeness (QED) is 0.873. The van der Waals surface area contributed by atoms with Crippen LogP contribution in [0, 0.1) is 13.8 Å². The van der Waals surface area contributed by atoms with E-state index in [0.717, 1.165) is 25.2 Å². The van der Waals surface area contributed by atoms with Crippen LogP contribution < -0.4 is 5.32 Å². The van der Waals surface area contributed by atoms with Crippen molar-refractivity contribution in [1.82, 2.24) is 14.9 Å². The second-order valence-corrected chi connectivity index (χ2v) is 5.48. The highest BCUT2D eigenvalue weighted by Gasteiger charge is 2.17. The van der Waals surface area contributed by atoms with Crippen molar-refractivity contribution in [2.24, 2.45) is 7.05 Å². The van der Waals surface area contributed by atoms with Crippen LogP contribution in [0.1, 0.15) is 41.9 Å². The van der Waals surface area contributed by atoms with Gasteiger partial charge in [0.2, 0.25) is 0 Å². The van der Waals surface area contributed by atoms with Crippen LogP contribution in [-0.2, 0) is 13.5 Å². The van der Waals surface area contributed by atoms with Crippen molar-refractivity contribution in [1.29, 1.82) is 0 Å². The highest BCUT2D eigenvalue weighted by molar-refractivity contribution is 5.34. The highest BCUT2D eigenvalue weighted by Crippen LogP contribution is 2.22. The molecule has 1 atom stereocenters. The maximum absolute atomic E-state index is 4.52. The molecule has 3 heteroatoms. The van der Waals surface area contributed by atoms with Gasteiger partial charge >= 0.3 is 0 Å². The summed E-state index contributed by atoms with van der Waals surface area (Å²) in [7, 11) is 2.06. The second-order valence-electron chi connectivity index (χ2n) is 5.48. The van der Waals surface area contributed by atoms with Gasteiger partial charge in [-0.3, -0.25) is 0 Å². The van der Waals surface area contributed by atoms with E-state index < -0.39 is 0 Å². The molecule has 0 fully saturated rings. The fourth-order valence-electron chi connectivity index (χ4n) is 2.66. The van der Waals surface area contributed by atoms with Crippen LogP contribution in [0.4, 0.5) is 0 Å². The van der Waals surface area contributed by atoms with E-state index in [2.05, 4.69) is 60.9 Å². The summed E-state index contributed by atoms with van der Waals surface area (Å²) in [4.78, 5) is 4.52. The first-order valence-corrected chi connectivity index (χ1v) is 7.39. The zero-order valence-corrected chi connectivity index (χ0v) is 13.0. The van der Waals surface area contributed by atoms with Gasteiger partial charge in [0.05, 0.1) is 6.04 Å². The van der Waals surface area contributed by atoms with E-state index in [0.29, 0.717) is 0 Å². The third-order valence-corrected chi connectivity index (χ3v) is 3.86. The van der Waals surface area contributed by atoms with E-state index >= 15 is 0 Å². The van der Waals surface area contributed by atoms with Crippen LogP contribution >= 0.6 is 0 Å². The molecule has 0 bridgehead atoms. The summed E-state index contributed by atoms with van der Waals surface area (Å²) in [6, 6.07) is 6.79. The van der Waals surface area contributed by atoms with E-state index in [9.17, 15) is 0 Å². The number of nitrogens with zero attached hydrogens (tertiary/aromatic N) is 2. The van der Waals surface area contributed by atoms with E-state index in [1.807, 2.05) is 12.4 Å². The van der Waals surface area contributed by atoms with Crippen molar-refractivity contribution in [3.05, 3.63) is 53.1 Å². The number of hydrogen-bond acceptors (Lipinski definition) is 2. The molecule has 1 heterocycles. The van der Waals surface area contributed by atoms with Gasteiger partial charge in [-0.2, -0.15) is 0 Å². The first-order chi connectivity index (χ1) is 9.63. The van der Waals surface area contributed by atoms with Crippen LogP contribution in [-0.4, -0.2) is 16.1 Å². The molecule has 0 amide bonds. The number of nitrogens with one attached hydrogen (secondary N) is 1. The van der Waals surface area contributed by atoms with Gasteiger partial charge in [0, 0.05) is 19.4 Å². The normalized spacial score (nSPS) is 12.6. The van der Waals surface area contributed by atoms with Crippen molar-refractivity contribution >= 4 is 0 Å². The smallest absolute Gasteiger partial charge is 0.125 e. The van der Waals surface area contributed by atoms with Crippen LogP contribution in [0.15, 0.2) is 30.6 Å². The van der Waals surface area contributed by atoms with E-state index in [4.69, 9.17) is 0 Å². The largest absolute Gasteiger partial charge is 0.337 e. The Hall–Kier alpha value is -1.61. The molecule has 0 aliphatic rings. The third kappa shape index (κ3) is 3.28. The number of aryl methyl sites for hydroxylation is 3. The summed E-state index contributed by atoms with van der Waals surface area (Å²) in [5, 5.41) is 3.63. The number of imidazole rings is 1. The molecule has 20 heavy (non-hydrogen) atoms. The topological polar surface area (TPSA) is 29.9 Å². The Bertz CT molecular complexity index is 537. The van der Waals surface area contributed by atoms with E-state index in [1.54, 1.807) is 0 Å². The Morgan fingerprint density at radius 3 is 2.50 bits per heavy atom. The molecule has 108 valence electrons. The Kier molecular flexibility index (Phi) is 4.96. The van der Waals surface area contributed by atoms with Crippen LogP contribution in [0.3, 0.4) is 0 Å². The van der Waals surface area contributed by atoms with Gasteiger partial charge in [-0.25, -0.2) is 4.98 Å². The molecule has 1 unspecified atom stereocenters. The van der Waals surface area contributed by atoms with Crippen molar-refractivity contribution < 1.29 is 0 Å². The Labute approximate surface area is 122 Å². The van der Waals surface area contributed by atoms with Gasteiger partial charge in [0.1, 0.15) is 5.82 Å². The highest BCUT2D eigenvalue weighted by atomic mass is 15.1. The zero-order valence-electron chi connectivity index (χ0n) is 13.0. The van der Waals surface area contributed by atoms with Crippen molar-refractivity contribution in [3.63, 3.8) is 0 Å². The van der Waals surface area contributed by atoms with E-state index in [1.165, 1.54) is 16.7 Å². The number of rotatable bonds is 6. The van der Waals surface area contributed by atoms with E-state index in [-0.39, 0.29) is 6.04 Å². The number of hydrogen-bond donors (Lipinski definition) is 1. The van der Waals surface area contributed by atoms with Crippen LogP contribution in [0.25, 0.3) is 0 Å². The van der Waals surface area contributed by atoms with Gasteiger partial charge in [0.25, 0.3) is 0 Å². The predicted octanol–water partition coefficient (Wildman–Crippen LogP) is 3.32. The summed E-state index contributed by atoms with van der Waals surface area (Å²) in [5.41, 5.74) is 4.16. The van der Waals surface area contributed by atoms with Crippen LogP contribution in [0.2, 0.25) is 0 Å². The lowest BCUT2D eigenvalue weighted by atomic mass is 9.96. The van der Waals surface area contributed by atoms with Gasteiger partial charge in [0.15, 0.2) is 0 Å². The Morgan fingerprint density at radius 1 is 1.25 bits per heavy atom. The molecule has 2 rings (SSSR count). The minimum atomic E-state index is 0.273. The fraction of sp³-hybridized carbons (Fsp3) is 0.471. The molecule has 0 aliphatic heterocycles. The predicted molar refractivity (Wildman–Crippen MR) is 83.9 cm³/mol. The molecule has 0 saturated heterocycles. The summed E-state index contributed by atoms with van der Waals surface area (Å²) >= 11 is 0. The maximum atomic E-state index is 4.52. The number of benzene rings is 1. The summed E-state index contributed by atoms with van der Waals surface area (Å²) in [6.07, 6.45) is 6.01. The minimum Gasteiger partial charge on any atom is -0.337 e. The molecule has 1 aromatic heterocycles. The SMILES string of the molecule is CCCNC(Cc1c(C)cccc1C)c1nccn1C. The molecule has 2 aromatic rings.